The summed E-state index contributed by atoms with van der Waals surface area (Å²) in [5.41, 5.74) is 2.47. The van der Waals surface area contributed by atoms with Gasteiger partial charge in [0.25, 0.3) is 5.91 Å². The number of rotatable bonds is 6. The number of nitrogens with one attached hydrogen (secondary N) is 1. The standard InChI is InChI=1S/C21H24ClF2N3O/c1-15-4-2-5-16(12-15)27-10-8-26(9-11-27)7-3-6-25-21(28)17-13-19(23)20(24)14-18(17)22/h2,4-5,12-14H,3,6-11H2,1H3,(H,25,28). The maximum Gasteiger partial charge on any atom is 0.252 e. The maximum absolute atomic E-state index is 13.3. The molecule has 150 valence electrons. The maximum atomic E-state index is 13.3. The molecular formula is C21H24ClF2N3O. The SMILES string of the molecule is Cc1cccc(N2CCN(CCCNC(=O)c3cc(F)c(F)cc3Cl)CC2)c1. The number of nitrogens with zero attached hydrogens (tertiary/aromatic N) is 2. The van der Waals surface area contributed by atoms with E-state index in [1.165, 1.54) is 11.3 Å². The summed E-state index contributed by atoms with van der Waals surface area (Å²) < 4.78 is 26.4. The lowest BCUT2D eigenvalue weighted by atomic mass is 10.2. The molecule has 2 aromatic carbocycles. The van der Waals surface area contributed by atoms with Crippen molar-refractivity contribution in [1.29, 1.82) is 0 Å². The van der Waals surface area contributed by atoms with E-state index in [2.05, 4.69) is 46.3 Å². The van der Waals surface area contributed by atoms with Gasteiger partial charge in [0.2, 0.25) is 0 Å². The highest BCUT2D eigenvalue weighted by atomic mass is 35.5. The van der Waals surface area contributed by atoms with E-state index in [9.17, 15) is 13.6 Å². The molecular weight excluding hydrogens is 384 g/mol. The summed E-state index contributed by atoms with van der Waals surface area (Å²) >= 11 is 5.82. The van der Waals surface area contributed by atoms with Crippen LogP contribution in [0.25, 0.3) is 0 Å². The fourth-order valence-corrected chi connectivity index (χ4v) is 3.59. The van der Waals surface area contributed by atoms with Gasteiger partial charge in [0.1, 0.15) is 0 Å². The van der Waals surface area contributed by atoms with Crippen molar-refractivity contribution < 1.29 is 13.6 Å². The van der Waals surface area contributed by atoms with Crippen LogP contribution in [0.2, 0.25) is 5.02 Å². The van der Waals surface area contributed by atoms with E-state index in [1.54, 1.807) is 0 Å². The average Bonchev–Trinajstić information content (AvgIpc) is 2.68. The molecule has 2 aromatic rings. The molecule has 0 aromatic heterocycles. The normalized spacial score (nSPS) is 14.9. The summed E-state index contributed by atoms with van der Waals surface area (Å²) in [5.74, 6) is -2.64. The molecule has 0 atom stereocenters. The number of hydrogen-bond donors (Lipinski definition) is 1. The second kappa shape index (κ2) is 9.34. The lowest BCUT2D eigenvalue weighted by molar-refractivity contribution is 0.0951. The van der Waals surface area contributed by atoms with Crippen molar-refractivity contribution in [3.8, 4) is 0 Å². The summed E-state index contributed by atoms with van der Waals surface area (Å²) in [5, 5.41) is 2.62. The van der Waals surface area contributed by atoms with Crippen molar-refractivity contribution in [2.45, 2.75) is 13.3 Å². The van der Waals surface area contributed by atoms with Gasteiger partial charge in [0.05, 0.1) is 10.6 Å². The number of amides is 1. The van der Waals surface area contributed by atoms with Crippen LogP contribution in [0.4, 0.5) is 14.5 Å². The number of anilines is 1. The minimum absolute atomic E-state index is 0.0488. The van der Waals surface area contributed by atoms with Gasteiger partial charge in [-0.25, -0.2) is 8.78 Å². The van der Waals surface area contributed by atoms with Crippen molar-refractivity contribution in [2.75, 3.05) is 44.2 Å². The topological polar surface area (TPSA) is 35.6 Å². The Morgan fingerprint density at radius 2 is 1.82 bits per heavy atom. The Kier molecular flexibility index (Phi) is 6.86. The number of benzene rings is 2. The number of halogens is 3. The first-order valence-electron chi connectivity index (χ1n) is 9.41. The Bertz CT molecular complexity index is 838. The molecule has 0 spiro atoms. The summed E-state index contributed by atoms with van der Waals surface area (Å²) in [6, 6.07) is 10.2. The molecule has 0 aliphatic carbocycles. The minimum Gasteiger partial charge on any atom is -0.369 e. The lowest BCUT2D eigenvalue weighted by Crippen LogP contribution is -2.47. The van der Waals surface area contributed by atoms with Crippen molar-refractivity contribution in [3.63, 3.8) is 0 Å². The molecule has 1 aliphatic rings. The molecule has 1 aliphatic heterocycles. The Balaban J connectivity index is 1.39. The van der Waals surface area contributed by atoms with Crippen LogP contribution in [0.5, 0.6) is 0 Å². The highest BCUT2D eigenvalue weighted by Crippen LogP contribution is 2.20. The quantitative estimate of drug-likeness (QED) is 0.583. The van der Waals surface area contributed by atoms with Crippen LogP contribution in [0.3, 0.4) is 0 Å². The second-order valence-corrected chi connectivity index (χ2v) is 7.43. The first-order chi connectivity index (χ1) is 13.4. The van der Waals surface area contributed by atoms with Gasteiger partial charge in [-0.05, 0) is 49.7 Å². The largest absolute Gasteiger partial charge is 0.369 e. The van der Waals surface area contributed by atoms with Crippen LogP contribution in [-0.2, 0) is 0 Å². The molecule has 7 heteroatoms. The van der Waals surface area contributed by atoms with Gasteiger partial charge < -0.3 is 10.2 Å². The Hall–Kier alpha value is -2.18. The van der Waals surface area contributed by atoms with E-state index >= 15 is 0 Å². The highest BCUT2D eigenvalue weighted by molar-refractivity contribution is 6.33. The summed E-state index contributed by atoms with van der Waals surface area (Å²) in [7, 11) is 0. The van der Waals surface area contributed by atoms with Crippen molar-refractivity contribution in [2.24, 2.45) is 0 Å². The van der Waals surface area contributed by atoms with Crippen molar-refractivity contribution in [1.82, 2.24) is 10.2 Å². The van der Waals surface area contributed by atoms with Crippen LogP contribution in [0.1, 0.15) is 22.3 Å². The van der Waals surface area contributed by atoms with Gasteiger partial charge in [-0.1, -0.05) is 23.7 Å². The van der Waals surface area contributed by atoms with E-state index in [0.717, 1.165) is 51.3 Å². The molecule has 3 rings (SSSR count). The van der Waals surface area contributed by atoms with Crippen LogP contribution >= 0.6 is 11.6 Å². The molecule has 28 heavy (non-hydrogen) atoms. The first kappa shape index (κ1) is 20.6. The third kappa shape index (κ3) is 5.20. The summed E-state index contributed by atoms with van der Waals surface area (Å²) in [4.78, 5) is 16.9. The molecule has 1 N–H and O–H groups in total. The van der Waals surface area contributed by atoms with E-state index in [0.29, 0.717) is 6.54 Å². The lowest BCUT2D eigenvalue weighted by Gasteiger charge is -2.36. The van der Waals surface area contributed by atoms with Crippen molar-refractivity contribution >= 4 is 23.2 Å². The molecule has 0 saturated carbocycles. The molecule has 0 unspecified atom stereocenters. The van der Waals surface area contributed by atoms with E-state index in [4.69, 9.17) is 11.6 Å². The molecule has 1 amide bonds. The summed E-state index contributed by atoms with van der Waals surface area (Å²) in [6.07, 6.45) is 0.775. The molecule has 1 saturated heterocycles. The van der Waals surface area contributed by atoms with Gasteiger partial charge in [-0.2, -0.15) is 0 Å². The van der Waals surface area contributed by atoms with Gasteiger partial charge in [0.15, 0.2) is 11.6 Å². The van der Waals surface area contributed by atoms with Crippen LogP contribution in [0.15, 0.2) is 36.4 Å². The fourth-order valence-electron chi connectivity index (χ4n) is 3.35. The predicted octanol–water partition coefficient (Wildman–Crippen LogP) is 3.87. The van der Waals surface area contributed by atoms with Crippen LogP contribution < -0.4 is 10.2 Å². The number of carbonyl (C=O) groups excluding carboxylic acids is 1. The van der Waals surface area contributed by atoms with E-state index in [-0.39, 0.29) is 10.6 Å². The third-order valence-corrected chi connectivity index (χ3v) is 5.24. The molecule has 0 radical (unpaired) electrons. The summed E-state index contributed by atoms with van der Waals surface area (Å²) in [6.45, 7) is 7.30. The van der Waals surface area contributed by atoms with Gasteiger partial charge in [-0.3, -0.25) is 9.69 Å². The minimum atomic E-state index is -1.08. The Morgan fingerprint density at radius 3 is 2.54 bits per heavy atom. The van der Waals surface area contributed by atoms with E-state index < -0.39 is 17.5 Å². The molecule has 1 fully saturated rings. The van der Waals surface area contributed by atoms with Gasteiger partial charge in [-0.15, -0.1) is 0 Å². The monoisotopic (exact) mass is 407 g/mol. The Labute approximate surface area is 169 Å². The predicted molar refractivity (Wildman–Crippen MR) is 108 cm³/mol. The van der Waals surface area contributed by atoms with Gasteiger partial charge in [0, 0.05) is 38.4 Å². The number of carbonyl (C=O) groups is 1. The zero-order valence-corrected chi connectivity index (χ0v) is 16.6. The van der Waals surface area contributed by atoms with Gasteiger partial charge >= 0.3 is 0 Å². The smallest absolute Gasteiger partial charge is 0.252 e. The number of piperazine rings is 1. The first-order valence-corrected chi connectivity index (χ1v) is 9.78. The Morgan fingerprint density at radius 1 is 1.11 bits per heavy atom. The third-order valence-electron chi connectivity index (χ3n) is 4.93. The zero-order chi connectivity index (χ0) is 20.1. The second-order valence-electron chi connectivity index (χ2n) is 7.02. The molecule has 0 bridgehead atoms. The fraction of sp³-hybridized carbons (Fsp3) is 0.381. The average molecular weight is 408 g/mol. The zero-order valence-electron chi connectivity index (χ0n) is 15.9. The van der Waals surface area contributed by atoms with E-state index in [1.807, 2.05) is 0 Å². The number of aryl methyl sites for hydroxylation is 1. The highest BCUT2D eigenvalue weighted by Gasteiger charge is 2.18. The van der Waals surface area contributed by atoms with Crippen LogP contribution in [-0.4, -0.2) is 50.1 Å². The molecule has 1 heterocycles. The van der Waals surface area contributed by atoms with Crippen molar-refractivity contribution in [3.05, 3.63) is 64.2 Å². The molecule has 4 nitrogen and oxygen atoms in total. The van der Waals surface area contributed by atoms with Crippen LogP contribution in [0, 0.1) is 18.6 Å². The number of hydrogen-bond acceptors (Lipinski definition) is 3.